The number of furan rings is 2. The van der Waals surface area contributed by atoms with Gasteiger partial charge in [0, 0.05) is 69.2 Å². The first-order valence-corrected chi connectivity index (χ1v) is 21.5. The van der Waals surface area contributed by atoms with Gasteiger partial charge in [0.05, 0.1) is 16.7 Å². The highest BCUT2D eigenvalue weighted by Crippen LogP contribution is 2.43. The molecule has 5 aromatic heterocycles. The SMILES string of the molecule is c1ccc2cc3c(cc2c1)c1ccccc1n3-c1cc2c(cc1-c1nc(-c3ccc4c(c3)oc3ccccc34)nc(-c3ccc4c(c3)sc3ccccc34)n1)oc1ccccc12. The first-order chi connectivity index (χ1) is 30.7. The highest BCUT2D eigenvalue weighted by atomic mass is 32.1. The Labute approximate surface area is 356 Å². The van der Waals surface area contributed by atoms with Crippen LogP contribution in [-0.4, -0.2) is 19.5 Å². The predicted molar refractivity (Wildman–Crippen MR) is 255 cm³/mol. The molecule has 0 saturated carbocycles. The highest BCUT2D eigenvalue weighted by molar-refractivity contribution is 7.25. The molecule has 0 fully saturated rings. The van der Waals surface area contributed by atoms with E-state index in [1.807, 2.05) is 30.3 Å². The van der Waals surface area contributed by atoms with E-state index in [0.717, 1.165) is 77.3 Å². The Morgan fingerprint density at radius 3 is 1.71 bits per heavy atom. The third-order valence-electron chi connectivity index (χ3n) is 12.4. The van der Waals surface area contributed by atoms with Gasteiger partial charge >= 0.3 is 0 Å². The summed E-state index contributed by atoms with van der Waals surface area (Å²) in [6, 6.07) is 63.9. The van der Waals surface area contributed by atoms with Crippen molar-refractivity contribution in [2.24, 2.45) is 0 Å². The number of nitrogens with zero attached hydrogens (tertiary/aromatic N) is 4. The largest absolute Gasteiger partial charge is 0.456 e. The normalized spacial score (nSPS) is 12.2. The van der Waals surface area contributed by atoms with E-state index in [4.69, 9.17) is 23.8 Å². The number of hydrogen-bond donors (Lipinski definition) is 0. The fourth-order valence-electron chi connectivity index (χ4n) is 9.52. The molecular formula is C55H30N4O2S. The molecule has 288 valence electrons. The third kappa shape index (κ3) is 4.94. The second-order valence-corrected chi connectivity index (χ2v) is 17.0. The molecule has 0 saturated heterocycles. The van der Waals surface area contributed by atoms with Crippen molar-refractivity contribution in [3.8, 4) is 39.9 Å². The standard InChI is InChI=1S/C55H30N4O2S/c1-2-12-32-26-45-41(25-31(32)11-1)35-13-3-7-17-44(35)59(45)46-29-42-37-15-5-9-19-48(37)61-50(42)30-43(46)55-57-53(33-21-23-38-36-14-4-8-18-47(36)60-49(38)27-33)56-54(58-55)34-22-24-40-39-16-6-10-20-51(39)62-52(40)28-34/h1-30H. The minimum atomic E-state index is 0.537. The van der Waals surface area contributed by atoms with E-state index in [-0.39, 0.29) is 0 Å². The van der Waals surface area contributed by atoms with E-state index in [1.165, 1.54) is 41.7 Å². The fourth-order valence-corrected chi connectivity index (χ4v) is 10.7. The van der Waals surface area contributed by atoms with Crippen LogP contribution in [0.1, 0.15) is 0 Å². The summed E-state index contributed by atoms with van der Waals surface area (Å²) in [6.07, 6.45) is 0. The van der Waals surface area contributed by atoms with Gasteiger partial charge in [-0.15, -0.1) is 11.3 Å². The summed E-state index contributed by atoms with van der Waals surface area (Å²) in [4.78, 5) is 16.0. The molecule has 0 radical (unpaired) electrons. The first-order valence-electron chi connectivity index (χ1n) is 20.7. The Hall–Kier alpha value is -8.13. The minimum absolute atomic E-state index is 0.537. The topological polar surface area (TPSA) is 69.9 Å². The lowest BCUT2D eigenvalue weighted by Gasteiger charge is -2.15. The molecule has 9 aromatic carbocycles. The van der Waals surface area contributed by atoms with E-state index >= 15 is 0 Å². The average Bonchev–Trinajstić information content (AvgIpc) is 4.08. The second kappa shape index (κ2) is 12.7. The van der Waals surface area contributed by atoms with Gasteiger partial charge in [-0.2, -0.15) is 0 Å². The van der Waals surface area contributed by atoms with E-state index in [0.29, 0.717) is 17.5 Å². The van der Waals surface area contributed by atoms with Crippen molar-refractivity contribution in [1.82, 2.24) is 19.5 Å². The van der Waals surface area contributed by atoms with Gasteiger partial charge in [0.25, 0.3) is 0 Å². The summed E-state index contributed by atoms with van der Waals surface area (Å²) < 4.78 is 17.8. The molecule has 14 rings (SSSR count). The van der Waals surface area contributed by atoms with Crippen molar-refractivity contribution in [2.45, 2.75) is 0 Å². The van der Waals surface area contributed by atoms with Crippen molar-refractivity contribution < 1.29 is 8.83 Å². The van der Waals surface area contributed by atoms with Crippen LogP contribution in [0.5, 0.6) is 0 Å². The van der Waals surface area contributed by atoms with Gasteiger partial charge in [-0.25, -0.2) is 15.0 Å². The Morgan fingerprint density at radius 2 is 0.919 bits per heavy atom. The molecule has 0 atom stereocenters. The van der Waals surface area contributed by atoms with Gasteiger partial charge in [-0.1, -0.05) is 115 Å². The van der Waals surface area contributed by atoms with Crippen LogP contribution in [0.15, 0.2) is 191 Å². The van der Waals surface area contributed by atoms with Gasteiger partial charge in [0.2, 0.25) is 0 Å². The predicted octanol–water partition coefficient (Wildman–Crippen LogP) is 15.3. The Balaban J connectivity index is 1.08. The van der Waals surface area contributed by atoms with Gasteiger partial charge in [0.15, 0.2) is 17.5 Å². The summed E-state index contributed by atoms with van der Waals surface area (Å²) in [7, 11) is 0. The molecule has 0 aliphatic heterocycles. The summed E-state index contributed by atoms with van der Waals surface area (Å²) in [5.74, 6) is 1.67. The monoisotopic (exact) mass is 810 g/mol. The van der Waals surface area contributed by atoms with Crippen LogP contribution < -0.4 is 0 Å². The molecule has 0 N–H and O–H groups in total. The summed E-state index contributed by atoms with van der Waals surface area (Å²) in [6.45, 7) is 0. The van der Waals surface area contributed by atoms with Crippen molar-refractivity contribution in [3.63, 3.8) is 0 Å². The van der Waals surface area contributed by atoms with Gasteiger partial charge in [-0.05, 0) is 77.5 Å². The molecule has 6 nitrogen and oxygen atoms in total. The summed E-state index contributed by atoms with van der Waals surface area (Å²) >= 11 is 1.78. The van der Waals surface area contributed by atoms with Crippen LogP contribution in [0.3, 0.4) is 0 Å². The molecule has 0 amide bonds. The van der Waals surface area contributed by atoms with Crippen molar-refractivity contribution in [1.29, 1.82) is 0 Å². The number of thiophene rings is 1. The van der Waals surface area contributed by atoms with Crippen LogP contribution in [0.4, 0.5) is 0 Å². The molecule has 0 aliphatic rings. The summed E-state index contributed by atoms with van der Waals surface area (Å²) in [5.41, 5.74) is 8.90. The minimum Gasteiger partial charge on any atom is -0.456 e. The molecular weight excluding hydrogens is 781 g/mol. The van der Waals surface area contributed by atoms with Crippen molar-refractivity contribution in [2.75, 3.05) is 0 Å². The zero-order chi connectivity index (χ0) is 40.5. The lowest BCUT2D eigenvalue weighted by atomic mass is 10.0. The highest BCUT2D eigenvalue weighted by Gasteiger charge is 2.23. The second-order valence-electron chi connectivity index (χ2n) is 16.0. The molecule has 0 aliphatic carbocycles. The third-order valence-corrected chi connectivity index (χ3v) is 13.6. The smallest absolute Gasteiger partial charge is 0.166 e. The van der Waals surface area contributed by atoms with Crippen LogP contribution in [0.25, 0.3) is 136 Å². The molecule has 62 heavy (non-hydrogen) atoms. The zero-order valence-corrected chi connectivity index (χ0v) is 33.7. The van der Waals surface area contributed by atoms with Crippen LogP contribution in [0.2, 0.25) is 0 Å². The number of hydrogen-bond acceptors (Lipinski definition) is 6. The number of aromatic nitrogens is 4. The zero-order valence-electron chi connectivity index (χ0n) is 32.8. The molecule has 0 bridgehead atoms. The molecule has 5 heterocycles. The number of fused-ring (bicyclic) bond motifs is 13. The van der Waals surface area contributed by atoms with Crippen molar-refractivity contribution in [3.05, 3.63) is 182 Å². The van der Waals surface area contributed by atoms with Gasteiger partial charge < -0.3 is 13.4 Å². The van der Waals surface area contributed by atoms with Crippen LogP contribution in [0, 0.1) is 0 Å². The summed E-state index contributed by atoms with van der Waals surface area (Å²) in [5, 5.41) is 11.4. The molecule has 0 spiro atoms. The lowest BCUT2D eigenvalue weighted by Crippen LogP contribution is -2.04. The Kier molecular flexibility index (Phi) is 6.89. The number of benzene rings is 9. The maximum Gasteiger partial charge on any atom is 0.166 e. The number of para-hydroxylation sites is 3. The maximum atomic E-state index is 6.61. The quantitative estimate of drug-likeness (QED) is 0.177. The molecule has 0 unspecified atom stereocenters. The van der Waals surface area contributed by atoms with Crippen molar-refractivity contribution >= 4 is 108 Å². The fraction of sp³-hybridized carbons (Fsp3) is 0. The van der Waals surface area contributed by atoms with E-state index < -0.39 is 0 Å². The van der Waals surface area contributed by atoms with Crippen LogP contribution in [-0.2, 0) is 0 Å². The Bertz CT molecular complexity index is 4060. The molecule has 7 heteroatoms. The van der Waals surface area contributed by atoms with E-state index in [2.05, 4.69) is 156 Å². The Morgan fingerprint density at radius 1 is 0.355 bits per heavy atom. The van der Waals surface area contributed by atoms with Crippen LogP contribution >= 0.6 is 11.3 Å². The number of rotatable bonds is 4. The first kappa shape index (κ1) is 33.7. The maximum absolute atomic E-state index is 6.61. The van der Waals surface area contributed by atoms with Gasteiger partial charge in [-0.3, -0.25) is 0 Å². The van der Waals surface area contributed by atoms with Gasteiger partial charge in [0.1, 0.15) is 22.3 Å². The van der Waals surface area contributed by atoms with E-state index in [9.17, 15) is 0 Å². The average molecular weight is 811 g/mol. The lowest BCUT2D eigenvalue weighted by molar-refractivity contribution is 0.668. The van der Waals surface area contributed by atoms with E-state index in [1.54, 1.807) is 11.3 Å². The molecule has 14 aromatic rings.